The number of hydrogen-bond donors (Lipinski definition) is 1. The van der Waals surface area contributed by atoms with E-state index in [4.69, 9.17) is 0 Å². The van der Waals surface area contributed by atoms with Crippen molar-refractivity contribution in [2.75, 3.05) is 0 Å². The molecule has 0 spiro atoms. The fourth-order valence-electron chi connectivity index (χ4n) is 6.17. The first-order valence-electron chi connectivity index (χ1n) is 10.1. The zero-order valence-corrected chi connectivity index (χ0v) is 16.6. The molecule has 4 nitrogen and oxygen atoms in total. The third-order valence-electron chi connectivity index (χ3n) is 6.87. The zero-order valence-electron chi connectivity index (χ0n) is 15.7. The number of benzene rings is 1. The topological polar surface area (TPSA) is 51.1 Å². The van der Waals surface area contributed by atoms with Gasteiger partial charge in [0.2, 0.25) is 5.91 Å². The van der Waals surface area contributed by atoms with Crippen LogP contribution in [0.4, 0.5) is 0 Å². The van der Waals surface area contributed by atoms with Gasteiger partial charge in [-0.2, -0.15) is 0 Å². The molecule has 4 aliphatic rings. The van der Waals surface area contributed by atoms with Crippen molar-refractivity contribution in [3.05, 3.63) is 44.9 Å². The Morgan fingerprint density at radius 1 is 1.11 bits per heavy atom. The van der Waals surface area contributed by atoms with Gasteiger partial charge in [-0.15, -0.1) is 0 Å². The molecule has 4 fully saturated rings. The molecule has 1 heterocycles. The molecule has 1 N–H and O–H groups in total. The quantitative estimate of drug-likeness (QED) is 0.870. The monoisotopic (exact) mass is 382 g/mol. The summed E-state index contributed by atoms with van der Waals surface area (Å²) in [5.41, 5.74) is 3.00. The summed E-state index contributed by atoms with van der Waals surface area (Å²) in [6.07, 6.45) is 7.47. The second-order valence-electron chi connectivity index (χ2n) is 9.09. The second-order valence-corrected chi connectivity index (χ2v) is 9.91. The van der Waals surface area contributed by atoms with Gasteiger partial charge < -0.3 is 5.32 Å². The molecule has 1 aromatic carbocycles. The summed E-state index contributed by atoms with van der Waals surface area (Å²) in [5, 5.41) is 5.25. The maximum Gasteiger partial charge on any atom is 0.308 e. The van der Waals surface area contributed by atoms with Crippen molar-refractivity contribution >= 4 is 17.2 Å². The summed E-state index contributed by atoms with van der Waals surface area (Å²) in [6, 6.07) is 8.11. The maximum absolute atomic E-state index is 12.9. The van der Waals surface area contributed by atoms with Crippen LogP contribution < -0.4 is 10.2 Å². The van der Waals surface area contributed by atoms with Crippen molar-refractivity contribution in [1.29, 1.82) is 0 Å². The predicted octanol–water partition coefficient (Wildman–Crippen LogP) is 3.97. The molecule has 1 aromatic heterocycles. The summed E-state index contributed by atoms with van der Waals surface area (Å²) >= 11 is 1.17. The minimum absolute atomic E-state index is 0.00448. The van der Waals surface area contributed by atoms with E-state index < -0.39 is 0 Å². The van der Waals surface area contributed by atoms with Crippen LogP contribution in [0.25, 0.3) is 11.3 Å². The van der Waals surface area contributed by atoms with Crippen molar-refractivity contribution in [2.24, 2.45) is 17.8 Å². The predicted molar refractivity (Wildman–Crippen MR) is 108 cm³/mol. The lowest BCUT2D eigenvalue weighted by atomic mass is 9.53. The number of hydrogen-bond acceptors (Lipinski definition) is 3. The summed E-state index contributed by atoms with van der Waals surface area (Å²) < 4.78 is 1.63. The molecule has 0 atom stereocenters. The Bertz CT molecular complexity index is 889. The summed E-state index contributed by atoms with van der Waals surface area (Å²) in [6.45, 7) is 2.16. The van der Waals surface area contributed by atoms with Gasteiger partial charge in [-0.25, -0.2) is 0 Å². The average molecular weight is 383 g/mol. The van der Waals surface area contributed by atoms with E-state index in [0.29, 0.717) is 0 Å². The van der Waals surface area contributed by atoms with Gasteiger partial charge in [-0.1, -0.05) is 41.2 Å². The van der Waals surface area contributed by atoms with Crippen LogP contribution in [-0.4, -0.2) is 16.0 Å². The Balaban J connectivity index is 1.35. The molecular weight excluding hydrogens is 356 g/mol. The number of carbonyl (C=O) groups is 1. The van der Waals surface area contributed by atoms with Gasteiger partial charge in [0.25, 0.3) is 0 Å². The molecule has 0 saturated heterocycles. The van der Waals surface area contributed by atoms with Crippen LogP contribution in [0.3, 0.4) is 0 Å². The molecule has 0 radical (unpaired) electrons. The second kappa shape index (κ2) is 6.33. The lowest BCUT2D eigenvalue weighted by Gasteiger charge is -2.56. The van der Waals surface area contributed by atoms with E-state index in [1.165, 1.54) is 36.2 Å². The molecule has 27 heavy (non-hydrogen) atoms. The number of nitrogens with zero attached hydrogens (tertiary/aromatic N) is 1. The summed E-state index contributed by atoms with van der Waals surface area (Å²) in [4.78, 5) is 25.2. The largest absolute Gasteiger partial charge is 0.349 e. The van der Waals surface area contributed by atoms with E-state index in [0.717, 1.165) is 48.3 Å². The lowest BCUT2D eigenvalue weighted by Crippen LogP contribution is -2.60. The molecule has 5 heteroatoms. The van der Waals surface area contributed by atoms with Crippen LogP contribution in [-0.2, 0) is 11.3 Å². The minimum Gasteiger partial charge on any atom is -0.349 e. The highest BCUT2D eigenvalue weighted by atomic mass is 32.1. The third-order valence-corrected chi connectivity index (χ3v) is 7.64. The van der Waals surface area contributed by atoms with E-state index in [1.807, 2.05) is 36.6 Å². The average Bonchev–Trinajstić information content (AvgIpc) is 2.94. The molecular formula is C22H26N2O2S. The normalized spacial score (nSPS) is 31.2. The lowest BCUT2D eigenvalue weighted by molar-refractivity contribution is -0.127. The van der Waals surface area contributed by atoms with Crippen molar-refractivity contribution in [2.45, 2.75) is 57.5 Å². The SMILES string of the molecule is Cc1ccc(-c2csc(=O)n2CC(=O)NC23CC4CC(CC(C4)C2)C3)cc1. The first kappa shape index (κ1) is 17.2. The minimum atomic E-state index is -0.0637. The van der Waals surface area contributed by atoms with Crippen LogP contribution >= 0.6 is 11.3 Å². The Morgan fingerprint density at radius 2 is 1.70 bits per heavy atom. The maximum atomic E-state index is 12.9. The number of aryl methyl sites for hydroxylation is 1. The van der Waals surface area contributed by atoms with Crippen molar-refractivity contribution in [3.63, 3.8) is 0 Å². The number of aromatic nitrogens is 1. The van der Waals surface area contributed by atoms with Gasteiger partial charge in [-0.05, 0) is 68.8 Å². The van der Waals surface area contributed by atoms with Crippen molar-refractivity contribution < 1.29 is 4.79 Å². The highest BCUT2D eigenvalue weighted by Crippen LogP contribution is 2.55. The smallest absolute Gasteiger partial charge is 0.308 e. The van der Waals surface area contributed by atoms with Gasteiger partial charge >= 0.3 is 4.87 Å². The van der Waals surface area contributed by atoms with E-state index in [-0.39, 0.29) is 22.9 Å². The molecule has 1 amide bonds. The van der Waals surface area contributed by atoms with Gasteiger partial charge in [0, 0.05) is 10.9 Å². The van der Waals surface area contributed by atoms with Crippen molar-refractivity contribution in [1.82, 2.24) is 9.88 Å². The van der Waals surface area contributed by atoms with E-state index in [9.17, 15) is 9.59 Å². The Kier molecular flexibility index (Phi) is 4.04. The number of rotatable bonds is 4. The number of thiazole rings is 1. The molecule has 6 rings (SSSR count). The summed E-state index contributed by atoms with van der Waals surface area (Å²) in [5.74, 6) is 2.38. The first-order valence-corrected chi connectivity index (χ1v) is 10.9. The van der Waals surface area contributed by atoms with E-state index in [1.54, 1.807) is 4.57 Å². The van der Waals surface area contributed by atoms with E-state index in [2.05, 4.69) is 5.32 Å². The molecule has 4 aliphatic carbocycles. The number of amides is 1. The molecule has 2 aromatic rings. The first-order chi connectivity index (χ1) is 13.0. The molecule has 4 bridgehead atoms. The van der Waals surface area contributed by atoms with Gasteiger partial charge in [0.15, 0.2) is 0 Å². The molecule has 0 unspecified atom stereocenters. The van der Waals surface area contributed by atoms with Crippen LogP contribution in [0.2, 0.25) is 0 Å². The van der Waals surface area contributed by atoms with Gasteiger partial charge in [-0.3, -0.25) is 14.2 Å². The molecule has 0 aliphatic heterocycles. The van der Waals surface area contributed by atoms with Gasteiger partial charge in [0.1, 0.15) is 6.54 Å². The third kappa shape index (κ3) is 3.16. The van der Waals surface area contributed by atoms with Crippen LogP contribution in [0, 0.1) is 24.7 Å². The van der Waals surface area contributed by atoms with Crippen LogP contribution in [0.1, 0.15) is 44.1 Å². The fourth-order valence-corrected chi connectivity index (χ4v) is 6.94. The Hall–Kier alpha value is -1.88. The van der Waals surface area contributed by atoms with Gasteiger partial charge in [0.05, 0.1) is 5.69 Å². The number of carbonyl (C=O) groups excluding carboxylic acids is 1. The Morgan fingerprint density at radius 3 is 2.30 bits per heavy atom. The standard InChI is InChI=1S/C22H26N2O2S/c1-14-2-4-18(5-3-14)19-13-27-21(26)24(19)12-20(25)23-22-9-15-6-16(10-22)8-17(7-15)11-22/h2-5,13,15-17H,6-12H2,1H3,(H,23,25). The fraction of sp³-hybridized carbons (Fsp3) is 0.545. The number of nitrogens with one attached hydrogen (secondary N) is 1. The van der Waals surface area contributed by atoms with Crippen LogP contribution in [0.5, 0.6) is 0 Å². The van der Waals surface area contributed by atoms with Crippen molar-refractivity contribution in [3.8, 4) is 11.3 Å². The van der Waals surface area contributed by atoms with E-state index >= 15 is 0 Å². The summed E-state index contributed by atoms with van der Waals surface area (Å²) in [7, 11) is 0. The zero-order chi connectivity index (χ0) is 18.6. The highest BCUT2D eigenvalue weighted by molar-refractivity contribution is 7.07. The Labute approximate surface area is 163 Å². The molecule has 142 valence electrons. The van der Waals surface area contributed by atoms with Crippen LogP contribution in [0.15, 0.2) is 34.4 Å². The highest BCUT2D eigenvalue weighted by Gasteiger charge is 2.51. The molecule has 4 saturated carbocycles.